The summed E-state index contributed by atoms with van der Waals surface area (Å²) in [6.45, 7) is 0. The first-order valence-corrected chi connectivity index (χ1v) is 5.82. The molecule has 82 valence electrons. The summed E-state index contributed by atoms with van der Waals surface area (Å²) in [6, 6.07) is 6.71. The third-order valence-corrected chi connectivity index (χ3v) is 2.73. The monoisotopic (exact) mass is 228 g/mol. The fraction of sp³-hybridized carbons (Fsp3) is 0.125. The molecule has 0 fully saturated rings. The fourth-order valence-electron chi connectivity index (χ4n) is 0.899. The second-order valence-corrected chi connectivity index (χ2v) is 4.52. The van der Waals surface area contributed by atoms with E-state index in [0.29, 0.717) is 5.75 Å². The first-order valence-electron chi connectivity index (χ1n) is 4.16. The summed E-state index contributed by atoms with van der Waals surface area (Å²) in [4.78, 5) is 9.35. The average Bonchev–Trinajstić information content (AvgIpc) is 2.21. The summed E-state index contributed by atoms with van der Waals surface area (Å²) in [6.07, 6.45) is 1.49. The maximum absolute atomic E-state index is 9.35. The van der Waals surface area contributed by atoms with Crippen LogP contribution in [0.2, 0.25) is 0 Å². The Morgan fingerprint density at radius 3 is 2.60 bits per heavy atom. The van der Waals surface area contributed by atoms with Crippen LogP contribution in [0.4, 0.5) is 0 Å². The molecular weight excluding hydrogens is 215 g/mol. The molecule has 5 N–H and O–H groups in total. The third kappa shape index (κ3) is 3.71. The maximum Gasteiger partial charge on any atom is 0.334 e. The van der Waals surface area contributed by atoms with Crippen molar-refractivity contribution in [1.29, 1.82) is 5.16 Å². The van der Waals surface area contributed by atoms with Crippen molar-refractivity contribution in [3.05, 3.63) is 29.8 Å². The SMILES string of the molecule is CNP(=N)(O)Oc1ccc(/C=N/N)cc1. The second kappa shape index (κ2) is 4.93. The Morgan fingerprint density at radius 2 is 2.13 bits per heavy atom. The smallest absolute Gasteiger partial charge is 0.334 e. The molecule has 0 heterocycles. The molecule has 6 nitrogen and oxygen atoms in total. The Morgan fingerprint density at radius 1 is 1.53 bits per heavy atom. The number of rotatable bonds is 4. The summed E-state index contributed by atoms with van der Waals surface area (Å²) in [5.41, 5.74) is 0.821. The summed E-state index contributed by atoms with van der Waals surface area (Å²) in [5, 5.41) is 13.1. The van der Waals surface area contributed by atoms with Crippen LogP contribution in [0.15, 0.2) is 29.4 Å². The lowest BCUT2D eigenvalue weighted by atomic mass is 10.2. The van der Waals surface area contributed by atoms with Gasteiger partial charge in [-0.15, -0.1) is 0 Å². The lowest BCUT2D eigenvalue weighted by Gasteiger charge is -2.14. The number of hydrazone groups is 1. The molecule has 1 aromatic rings. The van der Waals surface area contributed by atoms with E-state index in [-0.39, 0.29) is 0 Å². The lowest BCUT2D eigenvalue weighted by Crippen LogP contribution is -2.06. The van der Waals surface area contributed by atoms with Gasteiger partial charge in [-0.2, -0.15) is 5.10 Å². The second-order valence-electron chi connectivity index (χ2n) is 2.74. The minimum atomic E-state index is -3.23. The molecule has 0 amide bonds. The van der Waals surface area contributed by atoms with Crippen LogP contribution in [0.1, 0.15) is 5.56 Å². The van der Waals surface area contributed by atoms with E-state index in [0.717, 1.165) is 5.56 Å². The molecule has 1 atom stereocenters. The summed E-state index contributed by atoms with van der Waals surface area (Å²) in [7, 11) is -1.77. The van der Waals surface area contributed by atoms with Crippen molar-refractivity contribution in [2.24, 2.45) is 10.9 Å². The van der Waals surface area contributed by atoms with Gasteiger partial charge in [-0.3, -0.25) is 0 Å². The topological polar surface area (TPSA) is 104 Å². The number of nitrogens with two attached hydrogens (primary N) is 1. The lowest BCUT2D eigenvalue weighted by molar-refractivity contribution is 0.454. The Bertz CT molecular complexity index is 390. The van der Waals surface area contributed by atoms with Gasteiger partial charge in [0.15, 0.2) is 0 Å². The van der Waals surface area contributed by atoms with Crippen LogP contribution in [0.25, 0.3) is 0 Å². The number of nitrogens with one attached hydrogen (secondary N) is 2. The van der Waals surface area contributed by atoms with E-state index in [1.165, 1.54) is 13.3 Å². The van der Waals surface area contributed by atoms with Crippen LogP contribution in [-0.4, -0.2) is 18.2 Å². The van der Waals surface area contributed by atoms with Crippen molar-refractivity contribution in [3.63, 3.8) is 0 Å². The highest BCUT2D eigenvalue weighted by Gasteiger charge is 2.11. The van der Waals surface area contributed by atoms with Gasteiger partial charge < -0.3 is 15.3 Å². The van der Waals surface area contributed by atoms with E-state index < -0.39 is 7.66 Å². The number of benzene rings is 1. The van der Waals surface area contributed by atoms with Gasteiger partial charge in [-0.05, 0) is 36.9 Å². The van der Waals surface area contributed by atoms with Gasteiger partial charge in [0, 0.05) is 0 Å². The molecule has 7 heteroatoms. The number of nitrogens with zero attached hydrogens (tertiary/aromatic N) is 1. The van der Waals surface area contributed by atoms with Crippen LogP contribution in [0, 0.1) is 5.16 Å². The molecule has 1 aromatic carbocycles. The molecule has 15 heavy (non-hydrogen) atoms. The Labute approximate surface area is 87.8 Å². The highest BCUT2D eigenvalue weighted by atomic mass is 31.2. The number of hydrogen-bond donors (Lipinski definition) is 4. The van der Waals surface area contributed by atoms with Crippen LogP contribution in [0.5, 0.6) is 5.75 Å². The minimum Gasteiger partial charge on any atom is -0.428 e. The van der Waals surface area contributed by atoms with Gasteiger partial charge in [0.1, 0.15) is 5.75 Å². The zero-order valence-electron chi connectivity index (χ0n) is 8.21. The van der Waals surface area contributed by atoms with Gasteiger partial charge in [-0.25, -0.2) is 10.2 Å². The largest absolute Gasteiger partial charge is 0.428 e. The third-order valence-electron chi connectivity index (χ3n) is 1.64. The summed E-state index contributed by atoms with van der Waals surface area (Å²) < 4.78 is 5.03. The van der Waals surface area contributed by atoms with Crippen molar-refractivity contribution in [3.8, 4) is 5.75 Å². The van der Waals surface area contributed by atoms with E-state index in [4.69, 9.17) is 15.5 Å². The van der Waals surface area contributed by atoms with Crippen LogP contribution >= 0.6 is 7.66 Å². The van der Waals surface area contributed by atoms with Crippen LogP contribution < -0.4 is 15.5 Å². The van der Waals surface area contributed by atoms with Crippen molar-refractivity contribution in [1.82, 2.24) is 5.09 Å². The van der Waals surface area contributed by atoms with Gasteiger partial charge in [0.05, 0.1) is 6.21 Å². The zero-order chi connectivity index (χ0) is 11.3. The predicted octanol–water partition coefficient (Wildman–Crippen LogP) is 1.09. The average molecular weight is 228 g/mol. The van der Waals surface area contributed by atoms with Crippen LogP contribution in [0.3, 0.4) is 0 Å². The van der Waals surface area contributed by atoms with Gasteiger partial charge in [0.25, 0.3) is 0 Å². The predicted molar refractivity (Wildman–Crippen MR) is 59.8 cm³/mol. The minimum absolute atomic E-state index is 0.421. The van der Waals surface area contributed by atoms with Gasteiger partial charge in [0.2, 0.25) is 0 Å². The van der Waals surface area contributed by atoms with E-state index in [2.05, 4.69) is 10.2 Å². The molecule has 0 spiro atoms. The number of hydrogen-bond acceptors (Lipinski definition) is 4. The van der Waals surface area contributed by atoms with E-state index >= 15 is 0 Å². The molecule has 0 saturated heterocycles. The molecule has 0 aliphatic rings. The standard InChI is InChI=1S/C8H13N4O2P/c1-11-15(10,13)14-8-4-2-7(3-5-8)6-12-9/h2-6H,9H2,1H3,(H3,10,11,13)/b12-6+. The van der Waals surface area contributed by atoms with Crippen LogP contribution in [-0.2, 0) is 0 Å². The molecule has 0 aliphatic carbocycles. The highest BCUT2D eigenvalue weighted by Crippen LogP contribution is 2.37. The molecule has 0 saturated carbocycles. The quantitative estimate of drug-likeness (QED) is 0.268. The maximum atomic E-state index is 9.35. The normalized spacial score (nSPS) is 15.1. The van der Waals surface area contributed by atoms with Crippen molar-refractivity contribution in [2.75, 3.05) is 7.05 Å². The van der Waals surface area contributed by atoms with E-state index in [1.807, 2.05) is 0 Å². The summed E-state index contributed by atoms with van der Waals surface area (Å²) in [5.74, 6) is 5.41. The zero-order valence-corrected chi connectivity index (χ0v) is 9.11. The highest BCUT2D eigenvalue weighted by molar-refractivity contribution is 7.52. The molecule has 0 aliphatic heterocycles. The molecule has 0 aromatic heterocycles. The first-order chi connectivity index (χ1) is 7.07. The van der Waals surface area contributed by atoms with E-state index in [9.17, 15) is 4.89 Å². The molecule has 1 rings (SSSR count). The van der Waals surface area contributed by atoms with Gasteiger partial charge in [-0.1, -0.05) is 0 Å². The molecule has 0 radical (unpaired) electrons. The Kier molecular flexibility index (Phi) is 3.85. The molecular formula is C8H13N4O2P. The fourth-order valence-corrected chi connectivity index (χ4v) is 1.42. The van der Waals surface area contributed by atoms with Gasteiger partial charge >= 0.3 is 7.66 Å². The Hall–Kier alpha value is -1.36. The van der Waals surface area contributed by atoms with E-state index in [1.54, 1.807) is 24.3 Å². The summed E-state index contributed by atoms with van der Waals surface area (Å²) >= 11 is 0. The first kappa shape index (κ1) is 11.7. The van der Waals surface area contributed by atoms with Crippen molar-refractivity contribution < 1.29 is 9.42 Å². The molecule has 0 bridgehead atoms. The Balaban J connectivity index is 2.77. The van der Waals surface area contributed by atoms with Crippen molar-refractivity contribution >= 4 is 13.9 Å². The van der Waals surface area contributed by atoms with Crippen molar-refractivity contribution in [2.45, 2.75) is 0 Å². The molecule has 1 unspecified atom stereocenters.